The number of nitrogens with zero attached hydrogens (tertiary/aromatic N) is 4. The molecule has 0 spiro atoms. The summed E-state index contributed by atoms with van der Waals surface area (Å²) in [7, 11) is 0. The summed E-state index contributed by atoms with van der Waals surface area (Å²) in [4.78, 5) is 18.6. The number of anilines is 1. The molecule has 2 aromatic heterocycles. The second-order valence-corrected chi connectivity index (χ2v) is 7.35. The molecule has 0 bridgehead atoms. The Balaban J connectivity index is 1.61. The van der Waals surface area contributed by atoms with Gasteiger partial charge in [0.05, 0.1) is 10.5 Å². The standard InChI is InChI=1S/C20H22ClN5O2/c21-14-12-15(18(28)13-17(14)27)23-19-16-6-2-5-10-26(16)24-20(19)22-7-11-25-8-3-1-4-9-25/h2,5-6,10,12-13,28H,1,3-4,7-9,11H2,(H,22,24)/b23-15+. The van der Waals surface area contributed by atoms with E-state index in [1.807, 2.05) is 24.4 Å². The Labute approximate surface area is 168 Å². The van der Waals surface area contributed by atoms with Gasteiger partial charge in [0, 0.05) is 25.4 Å². The van der Waals surface area contributed by atoms with Crippen LogP contribution in [0.3, 0.4) is 0 Å². The van der Waals surface area contributed by atoms with Gasteiger partial charge >= 0.3 is 0 Å². The molecular formula is C20H22ClN5O2. The molecule has 0 unspecified atom stereocenters. The van der Waals surface area contributed by atoms with Crippen LogP contribution in [0.4, 0.5) is 11.5 Å². The Morgan fingerprint density at radius 1 is 1.21 bits per heavy atom. The van der Waals surface area contributed by atoms with Gasteiger partial charge in [-0.15, -0.1) is 5.10 Å². The SMILES string of the molecule is O=C1C=C(O)/C(=N/c2c(NCCN3CCCCC3)nn3ccccc23)C=C1Cl. The third-order valence-electron chi connectivity index (χ3n) is 4.94. The Hall–Kier alpha value is -2.64. The number of halogens is 1. The molecule has 0 saturated carbocycles. The largest absolute Gasteiger partial charge is 0.506 e. The lowest BCUT2D eigenvalue weighted by Crippen LogP contribution is -2.33. The van der Waals surface area contributed by atoms with Crippen molar-refractivity contribution in [2.45, 2.75) is 19.3 Å². The van der Waals surface area contributed by atoms with E-state index >= 15 is 0 Å². The predicted octanol–water partition coefficient (Wildman–Crippen LogP) is 3.45. The number of allylic oxidation sites excluding steroid dienone is 3. The molecule has 2 aliphatic rings. The van der Waals surface area contributed by atoms with E-state index in [1.165, 1.54) is 25.3 Å². The van der Waals surface area contributed by atoms with Crippen molar-refractivity contribution in [2.24, 2.45) is 4.99 Å². The van der Waals surface area contributed by atoms with E-state index < -0.39 is 5.78 Å². The van der Waals surface area contributed by atoms with Crippen LogP contribution in [0.15, 0.2) is 52.3 Å². The minimum Gasteiger partial charge on any atom is -0.506 e. The summed E-state index contributed by atoms with van der Waals surface area (Å²) < 4.78 is 1.74. The number of hydrogen-bond acceptors (Lipinski definition) is 6. The first kappa shape index (κ1) is 18.7. The lowest BCUT2D eigenvalue weighted by molar-refractivity contribution is -0.110. The third-order valence-corrected chi connectivity index (χ3v) is 5.24. The van der Waals surface area contributed by atoms with Gasteiger partial charge in [0.15, 0.2) is 5.82 Å². The number of nitrogens with one attached hydrogen (secondary N) is 1. The first-order chi connectivity index (χ1) is 13.6. The quantitative estimate of drug-likeness (QED) is 0.752. The number of carbonyl (C=O) groups is 1. The van der Waals surface area contributed by atoms with Crippen LogP contribution in [0.1, 0.15) is 19.3 Å². The molecule has 1 aliphatic carbocycles. The first-order valence-corrected chi connectivity index (χ1v) is 9.84. The molecule has 1 aliphatic heterocycles. The molecule has 0 aromatic carbocycles. The molecule has 8 heteroatoms. The first-order valence-electron chi connectivity index (χ1n) is 9.46. The van der Waals surface area contributed by atoms with Crippen molar-refractivity contribution in [1.82, 2.24) is 14.5 Å². The van der Waals surface area contributed by atoms with Gasteiger partial charge in [-0.25, -0.2) is 9.51 Å². The topological polar surface area (TPSA) is 82.2 Å². The maximum atomic E-state index is 11.6. The van der Waals surface area contributed by atoms with E-state index in [0.717, 1.165) is 37.8 Å². The molecule has 2 N–H and O–H groups in total. The highest BCUT2D eigenvalue weighted by Crippen LogP contribution is 2.31. The van der Waals surface area contributed by atoms with Crippen LogP contribution in [0.2, 0.25) is 0 Å². The van der Waals surface area contributed by atoms with Crippen LogP contribution in [0.25, 0.3) is 5.52 Å². The zero-order chi connectivity index (χ0) is 19.5. The molecule has 7 nitrogen and oxygen atoms in total. The number of piperidine rings is 1. The molecule has 1 saturated heterocycles. The van der Waals surface area contributed by atoms with Gasteiger partial charge in [0.25, 0.3) is 0 Å². The maximum absolute atomic E-state index is 11.6. The number of aromatic nitrogens is 2. The summed E-state index contributed by atoms with van der Waals surface area (Å²) >= 11 is 5.93. The van der Waals surface area contributed by atoms with Gasteiger partial charge in [-0.1, -0.05) is 24.1 Å². The fourth-order valence-electron chi connectivity index (χ4n) is 3.47. The van der Waals surface area contributed by atoms with Gasteiger partial charge < -0.3 is 15.3 Å². The number of aliphatic hydroxyl groups excluding tert-OH is 1. The van der Waals surface area contributed by atoms with Crippen molar-refractivity contribution in [3.8, 4) is 0 Å². The molecule has 0 atom stereocenters. The number of ketones is 1. The highest BCUT2D eigenvalue weighted by atomic mass is 35.5. The maximum Gasteiger partial charge on any atom is 0.201 e. The minimum absolute atomic E-state index is 0.0210. The summed E-state index contributed by atoms with van der Waals surface area (Å²) in [5, 5.41) is 18.1. The lowest BCUT2D eigenvalue weighted by atomic mass is 10.1. The second kappa shape index (κ2) is 8.16. The molecule has 4 rings (SSSR count). The van der Waals surface area contributed by atoms with Gasteiger partial charge in [-0.3, -0.25) is 4.79 Å². The van der Waals surface area contributed by atoms with Crippen molar-refractivity contribution in [2.75, 3.05) is 31.5 Å². The minimum atomic E-state index is -0.433. The Kier molecular flexibility index (Phi) is 5.45. The van der Waals surface area contributed by atoms with Crippen molar-refractivity contribution in [3.05, 3.63) is 47.3 Å². The van der Waals surface area contributed by atoms with E-state index in [-0.39, 0.29) is 16.5 Å². The van der Waals surface area contributed by atoms with Gasteiger partial charge in [-0.05, 0) is 44.1 Å². The van der Waals surface area contributed by atoms with Crippen LogP contribution >= 0.6 is 11.6 Å². The van der Waals surface area contributed by atoms with Crippen molar-refractivity contribution < 1.29 is 9.90 Å². The van der Waals surface area contributed by atoms with Crippen molar-refractivity contribution >= 4 is 40.1 Å². The molecule has 2 aromatic rings. The summed E-state index contributed by atoms with van der Waals surface area (Å²) in [5.41, 5.74) is 1.64. The van der Waals surface area contributed by atoms with E-state index in [4.69, 9.17) is 11.6 Å². The van der Waals surface area contributed by atoms with Crippen LogP contribution < -0.4 is 5.32 Å². The molecular weight excluding hydrogens is 378 g/mol. The Morgan fingerprint density at radius 3 is 2.86 bits per heavy atom. The normalized spacial score (nSPS) is 19.8. The average molecular weight is 400 g/mol. The van der Waals surface area contributed by atoms with E-state index in [1.54, 1.807) is 4.52 Å². The number of likely N-dealkylation sites (tertiary alicyclic amines) is 1. The number of rotatable bonds is 5. The highest BCUT2D eigenvalue weighted by Gasteiger charge is 2.19. The molecule has 28 heavy (non-hydrogen) atoms. The summed E-state index contributed by atoms with van der Waals surface area (Å²) in [5.74, 6) is -0.00765. The fourth-order valence-corrected chi connectivity index (χ4v) is 3.63. The van der Waals surface area contributed by atoms with Crippen LogP contribution in [0.5, 0.6) is 0 Å². The number of carbonyl (C=O) groups excluding carboxylic acids is 1. The zero-order valence-corrected chi connectivity index (χ0v) is 16.2. The lowest BCUT2D eigenvalue weighted by Gasteiger charge is -2.26. The molecule has 1 fully saturated rings. The monoisotopic (exact) mass is 399 g/mol. The van der Waals surface area contributed by atoms with Gasteiger partial charge in [0.1, 0.15) is 17.2 Å². The molecule has 0 amide bonds. The number of fused-ring (bicyclic) bond motifs is 1. The number of aliphatic imine (C=N–C) groups is 1. The smallest absolute Gasteiger partial charge is 0.201 e. The van der Waals surface area contributed by atoms with E-state index in [2.05, 4.69) is 20.3 Å². The number of hydrogen-bond donors (Lipinski definition) is 2. The highest BCUT2D eigenvalue weighted by molar-refractivity contribution is 6.47. The third kappa shape index (κ3) is 3.95. The number of aliphatic hydroxyl groups is 1. The Morgan fingerprint density at radius 2 is 2.04 bits per heavy atom. The fraction of sp³-hybridized carbons (Fsp3) is 0.350. The zero-order valence-electron chi connectivity index (χ0n) is 15.4. The molecule has 146 valence electrons. The second-order valence-electron chi connectivity index (χ2n) is 6.94. The van der Waals surface area contributed by atoms with E-state index in [0.29, 0.717) is 11.5 Å². The van der Waals surface area contributed by atoms with Gasteiger partial charge in [-0.2, -0.15) is 0 Å². The molecule has 3 heterocycles. The van der Waals surface area contributed by atoms with Crippen LogP contribution in [-0.4, -0.2) is 57.3 Å². The summed E-state index contributed by atoms with van der Waals surface area (Å²) in [6.07, 6.45) is 8.13. The summed E-state index contributed by atoms with van der Waals surface area (Å²) in [6.45, 7) is 3.96. The molecule has 0 radical (unpaired) electrons. The van der Waals surface area contributed by atoms with Crippen LogP contribution in [0, 0.1) is 0 Å². The van der Waals surface area contributed by atoms with Crippen molar-refractivity contribution in [3.63, 3.8) is 0 Å². The average Bonchev–Trinajstić information content (AvgIpc) is 3.04. The predicted molar refractivity (Wildman–Crippen MR) is 111 cm³/mol. The van der Waals surface area contributed by atoms with Gasteiger partial charge in [0.2, 0.25) is 5.78 Å². The number of pyridine rings is 1. The van der Waals surface area contributed by atoms with E-state index in [9.17, 15) is 9.90 Å². The summed E-state index contributed by atoms with van der Waals surface area (Å²) in [6, 6.07) is 5.70. The van der Waals surface area contributed by atoms with Crippen LogP contribution in [-0.2, 0) is 4.79 Å². The van der Waals surface area contributed by atoms with Crippen molar-refractivity contribution in [1.29, 1.82) is 0 Å². The Bertz CT molecular complexity index is 986.